The van der Waals surface area contributed by atoms with Crippen LogP contribution in [-0.2, 0) is 6.54 Å². The van der Waals surface area contributed by atoms with Crippen molar-refractivity contribution in [3.8, 4) is 11.5 Å². The molecule has 0 saturated carbocycles. The van der Waals surface area contributed by atoms with Gasteiger partial charge in [0.2, 0.25) is 0 Å². The van der Waals surface area contributed by atoms with Gasteiger partial charge in [0.15, 0.2) is 11.5 Å². The lowest BCUT2D eigenvalue weighted by atomic mass is 10.1. The van der Waals surface area contributed by atoms with Crippen LogP contribution in [0.25, 0.3) is 0 Å². The zero-order valence-corrected chi connectivity index (χ0v) is 11.3. The second-order valence-corrected chi connectivity index (χ2v) is 4.21. The van der Waals surface area contributed by atoms with E-state index in [1.807, 2.05) is 6.07 Å². The zero-order chi connectivity index (χ0) is 12.7. The van der Waals surface area contributed by atoms with E-state index in [4.69, 9.17) is 9.47 Å². The summed E-state index contributed by atoms with van der Waals surface area (Å²) in [4.78, 5) is 0. The normalized spacial score (nSPS) is 10.6. The van der Waals surface area contributed by atoms with Crippen LogP contribution in [0.2, 0.25) is 0 Å². The highest BCUT2D eigenvalue weighted by molar-refractivity contribution is 5.42. The first-order valence-electron chi connectivity index (χ1n) is 6.29. The number of hydrogen-bond acceptors (Lipinski definition) is 2. The van der Waals surface area contributed by atoms with Crippen molar-refractivity contribution in [3.63, 3.8) is 0 Å². The van der Waals surface area contributed by atoms with Crippen LogP contribution in [0.3, 0.4) is 0 Å². The van der Waals surface area contributed by atoms with Gasteiger partial charge in [-0.15, -0.1) is 0 Å². The Balaban J connectivity index is 2.66. The molecule has 0 aliphatic rings. The molecule has 0 amide bonds. The van der Waals surface area contributed by atoms with E-state index >= 15 is 0 Å². The summed E-state index contributed by atoms with van der Waals surface area (Å²) < 4.78 is 10.5. The molecule has 0 heterocycles. The number of methoxy groups -OCH3 is 2. The summed E-state index contributed by atoms with van der Waals surface area (Å²) in [6.45, 7) is 5.46. The molecule has 0 spiro atoms. The van der Waals surface area contributed by atoms with Crippen LogP contribution < -0.4 is 14.8 Å². The van der Waals surface area contributed by atoms with E-state index in [0.29, 0.717) is 6.04 Å². The quantitative estimate of drug-likeness (QED) is 0.788. The van der Waals surface area contributed by atoms with Crippen molar-refractivity contribution in [2.45, 2.75) is 39.3 Å². The van der Waals surface area contributed by atoms with E-state index in [-0.39, 0.29) is 0 Å². The standard InChI is InChI=1S/C14H23NO2/c1-5-12(6-2)15-10-11-7-8-13(16-3)14(9-11)17-4/h7-9,12,15H,5-6,10H2,1-4H3/p+1. The Morgan fingerprint density at radius 3 is 2.24 bits per heavy atom. The monoisotopic (exact) mass is 238 g/mol. The molecule has 0 bridgehead atoms. The second kappa shape index (κ2) is 7.17. The Bertz CT molecular complexity index is 335. The minimum atomic E-state index is 0.711. The van der Waals surface area contributed by atoms with Gasteiger partial charge in [-0.05, 0) is 31.0 Å². The number of benzene rings is 1. The molecule has 3 heteroatoms. The van der Waals surface area contributed by atoms with Crippen LogP contribution >= 0.6 is 0 Å². The Morgan fingerprint density at radius 1 is 1.06 bits per heavy atom. The van der Waals surface area contributed by atoms with Crippen molar-refractivity contribution in [2.24, 2.45) is 0 Å². The molecule has 0 fully saturated rings. The van der Waals surface area contributed by atoms with Crippen molar-refractivity contribution in [1.29, 1.82) is 0 Å². The van der Waals surface area contributed by atoms with Crippen molar-refractivity contribution < 1.29 is 14.8 Å². The van der Waals surface area contributed by atoms with Gasteiger partial charge in [0.05, 0.1) is 20.3 Å². The van der Waals surface area contributed by atoms with E-state index in [0.717, 1.165) is 18.0 Å². The number of rotatable bonds is 7. The van der Waals surface area contributed by atoms with Crippen molar-refractivity contribution in [1.82, 2.24) is 0 Å². The third-order valence-electron chi connectivity index (χ3n) is 3.18. The molecular formula is C14H24NO2+. The van der Waals surface area contributed by atoms with E-state index in [1.54, 1.807) is 14.2 Å². The summed E-state index contributed by atoms with van der Waals surface area (Å²) in [5, 5.41) is 2.39. The van der Waals surface area contributed by atoms with Crippen LogP contribution in [0, 0.1) is 0 Å². The first-order valence-corrected chi connectivity index (χ1v) is 6.29. The van der Waals surface area contributed by atoms with Gasteiger partial charge in [0, 0.05) is 5.56 Å². The van der Waals surface area contributed by atoms with Crippen LogP contribution in [0.4, 0.5) is 0 Å². The molecule has 0 aliphatic carbocycles. The molecule has 0 unspecified atom stereocenters. The lowest BCUT2D eigenvalue weighted by molar-refractivity contribution is -0.704. The topological polar surface area (TPSA) is 35.1 Å². The molecule has 0 aliphatic heterocycles. The van der Waals surface area contributed by atoms with Crippen LogP contribution in [0.1, 0.15) is 32.3 Å². The van der Waals surface area contributed by atoms with Crippen LogP contribution in [-0.4, -0.2) is 20.3 Å². The van der Waals surface area contributed by atoms with Gasteiger partial charge in [0.25, 0.3) is 0 Å². The lowest BCUT2D eigenvalue weighted by Gasteiger charge is -2.13. The van der Waals surface area contributed by atoms with Crippen LogP contribution in [0.5, 0.6) is 11.5 Å². The summed E-state index contributed by atoms with van der Waals surface area (Å²) in [5.74, 6) is 1.60. The number of ether oxygens (including phenoxy) is 2. The maximum Gasteiger partial charge on any atom is 0.161 e. The first-order chi connectivity index (χ1) is 8.24. The Hall–Kier alpha value is -1.22. The highest BCUT2D eigenvalue weighted by atomic mass is 16.5. The van der Waals surface area contributed by atoms with Crippen molar-refractivity contribution in [3.05, 3.63) is 23.8 Å². The van der Waals surface area contributed by atoms with E-state index in [2.05, 4.69) is 31.3 Å². The number of quaternary nitrogens is 1. The summed E-state index contributed by atoms with van der Waals surface area (Å²) in [6.07, 6.45) is 2.42. The van der Waals surface area contributed by atoms with Crippen LogP contribution in [0.15, 0.2) is 18.2 Å². The molecule has 1 aromatic rings. The predicted octanol–water partition coefficient (Wildman–Crippen LogP) is 1.96. The molecule has 0 radical (unpaired) electrons. The fourth-order valence-electron chi connectivity index (χ4n) is 1.93. The van der Waals surface area contributed by atoms with Gasteiger partial charge in [-0.1, -0.05) is 13.8 Å². The van der Waals surface area contributed by atoms with E-state index < -0.39 is 0 Å². The molecule has 1 aromatic carbocycles. The van der Waals surface area contributed by atoms with E-state index in [9.17, 15) is 0 Å². The Kier molecular flexibility index (Phi) is 5.84. The number of nitrogens with two attached hydrogens (primary N) is 1. The highest BCUT2D eigenvalue weighted by Gasteiger charge is 2.08. The fourth-order valence-corrected chi connectivity index (χ4v) is 1.93. The third kappa shape index (κ3) is 3.93. The lowest BCUT2D eigenvalue weighted by Crippen LogP contribution is -2.88. The largest absolute Gasteiger partial charge is 0.493 e. The molecule has 3 nitrogen and oxygen atoms in total. The minimum Gasteiger partial charge on any atom is -0.493 e. The highest BCUT2D eigenvalue weighted by Crippen LogP contribution is 2.27. The van der Waals surface area contributed by atoms with Gasteiger partial charge >= 0.3 is 0 Å². The smallest absolute Gasteiger partial charge is 0.161 e. The molecule has 0 aromatic heterocycles. The summed E-state index contributed by atoms with van der Waals surface area (Å²) >= 11 is 0. The fraction of sp³-hybridized carbons (Fsp3) is 0.571. The summed E-state index contributed by atoms with van der Waals surface area (Å²) in [7, 11) is 3.33. The van der Waals surface area contributed by atoms with Gasteiger partial charge < -0.3 is 14.8 Å². The van der Waals surface area contributed by atoms with E-state index in [1.165, 1.54) is 18.4 Å². The maximum absolute atomic E-state index is 5.30. The second-order valence-electron chi connectivity index (χ2n) is 4.21. The van der Waals surface area contributed by atoms with Gasteiger partial charge in [0.1, 0.15) is 6.54 Å². The van der Waals surface area contributed by atoms with Gasteiger partial charge in [-0.2, -0.15) is 0 Å². The minimum absolute atomic E-state index is 0.711. The van der Waals surface area contributed by atoms with Crippen molar-refractivity contribution in [2.75, 3.05) is 14.2 Å². The summed E-state index contributed by atoms with van der Waals surface area (Å²) in [5.41, 5.74) is 1.27. The maximum atomic E-state index is 5.30. The van der Waals surface area contributed by atoms with Crippen molar-refractivity contribution >= 4 is 0 Å². The molecule has 1 rings (SSSR count). The Labute approximate surface area is 104 Å². The van der Waals surface area contributed by atoms with Gasteiger partial charge in [-0.25, -0.2) is 0 Å². The molecule has 0 atom stereocenters. The average Bonchev–Trinajstić information content (AvgIpc) is 2.39. The van der Waals surface area contributed by atoms with Gasteiger partial charge in [-0.3, -0.25) is 0 Å². The molecular weight excluding hydrogens is 214 g/mol. The number of hydrogen-bond donors (Lipinski definition) is 1. The molecule has 2 N–H and O–H groups in total. The zero-order valence-electron chi connectivity index (χ0n) is 11.3. The predicted molar refractivity (Wildman–Crippen MR) is 69.5 cm³/mol. The molecule has 17 heavy (non-hydrogen) atoms. The molecule has 96 valence electrons. The SMILES string of the molecule is CCC(CC)[NH2+]Cc1ccc(OC)c(OC)c1. The molecule has 0 saturated heterocycles. The third-order valence-corrected chi connectivity index (χ3v) is 3.18. The average molecular weight is 238 g/mol. The summed E-state index contributed by atoms with van der Waals surface area (Å²) in [6, 6.07) is 6.83. The Morgan fingerprint density at radius 2 is 1.71 bits per heavy atom. The first kappa shape index (κ1) is 13.8.